The third kappa shape index (κ3) is 3.89. The Morgan fingerprint density at radius 2 is 1.72 bits per heavy atom. The molecule has 4 rings (SSSR count). The topological polar surface area (TPSA) is 58.8 Å². The number of hydrogen-bond donors (Lipinski definition) is 0. The number of nitrogens with zero attached hydrogens (tertiary/aromatic N) is 3. The van der Waals surface area contributed by atoms with Crippen LogP contribution in [0.15, 0.2) is 65.4 Å². The van der Waals surface area contributed by atoms with E-state index in [2.05, 4.69) is 22.9 Å². The molecule has 0 saturated carbocycles. The van der Waals surface area contributed by atoms with Gasteiger partial charge in [-0.15, -0.1) is 0 Å². The first-order valence-electron chi connectivity index (χ1n) is 9.84. The van der Waals surface area contributed by atoms with Crippen molar-refractivity contribution < 1.29 is 13.9 Å². The van der Waals surface area contributed by atoms with Crippen LogP contribution in [-0.2, 0) is 0 Å². The van der Waals surface area contributed by atoms with E-state index in [1.54, 1.807) is 7.11 Å². The number of methoxy groups -OCH3 is 1. The standard InChI is InChI=1S/C23H25N3O3/c1-17(19-10-6-7-11-20(19)28-2)25-12-14-26(15-13-25)23(27)21-22(29-16-24-21)18-8-4-3-5-9-18/h3-11,16-17H,12-15H2,1-2H3. The Morgan fingerprint density at radius 1 is 1.03 bits per heavy atom. The first kappa shape index (κ1) is 19.2. The minimum atomic E-state index is -0.0813. The predicted octanol–water partition coefficient (Wildman–Crippen LogP) is 3.87. The minimum Gasteiger partial charge on any atom is -0.496 e. The fraction of sp³-hybridized carbons (Fsp3) is 0.304. The molecule has 29 heavy (non-hydrogen) atoms. The SMILES string of the molecule is COc1ccccc1C(C)N1CCN(C(=O)c2ncoc2-c2ccccc2)CC1. The van der Waals surface area contributed by atoms with Crippen molar-refractivity contribution in [3.05, 3.63) is 72.2 Å². The number of aromatic nitrogens is 1. The lowest BCUT2D eigenvalue weighted by Gasteiger charge is -2.38. The van der Waals surface area contributed by atoms with E-state index in [0.29, 0.717) is 24.5 Å². The number of para-hydroxylation sites is 1. The summed E-state index contributed by atoms with van der Waals surface area (Å²) in [4.78, 5) is 21.5. The molecule has 6 heteroatoms. The molecule has 0 N–H and O–H groups in total. The van der Waals surface area contributed by atoms with Gasteiger partial charge in [-0.1, -0.05) is 48.5 Å². The Bertz CT molecular complexity index is 962. The molecular formula is C23H25N3O3. The van der Waals surface area contributed by atoms with Crippen molar-refractivity contribution in [2.75, 3.05) is 33.3 Å². The highest BCUT2D eigenvalue weighted by Crippen LogP contribution is 2.30. The highest BCUT2D eigenvalue weighted by Gasteiger charge is 2.29. The largest absolute Gasteiger partial charge is 0.496 e. The summed E-state index contributed by atoms with van der Waals surface area (Å²) >= 11 is 0. The molecule has 1 saturated heterocycles. The van der Waals surface area contributed by atoms with E-state index in [9.17, 15) is 4.79 Å². The number of piperazine rings is 1. The molecule has 3 aromatic rings. The van der Waals surface area contributed by atoms with E-state index < -0.39 is 0 Å². The van der Waals surface area contributed by atoms with Crippen molar-refractivity contribution in [3.8, 4) is 17.1 Å². The van der Waals surface area contributed by atoms with Gasteiger partial charge in [-0.2, -0.15) is 0 Å². The van der Waals surface area contributed by atoms with E-state index in [1.807, 2.05) is 53.4 Å². The summed E-state index contributed by atoms with van der Waals surface area (Å²) in [7, 11) is 1.70. The zero-order valence-corrected chi connectivity index (χ0v) is 16.7. The normalized spacial score (nSPS) is 15.9. The molecule has 1 aliphatic heterocycles. The Balaban J connectivity index is 1.44. The molecule has 1 amide bonds. The molecule has 1 atom stereocenters. The molecular weight excluding hydrogens is 366 g/mol. The first-order valence-corrected chi connectivity index (χ1v) is 9.84. The first-order chi connectivity index (χ1) is 14.2. The summed E-state index contributed by atoms with van der Waals surface area (Å²) in [6.07, 6.45) is 1.34. The van der Waals surface area contributed by atoms with Crippen LogP contribution in [0.5, 0.6) is 5.75 Å². The molecule has 0 aliphatic carbocycles. The van der Waals surface area contributed by atoms with Crippen molar-refractivity contribution in [3.63, 3.8) is 0 Å². The highest BCUT2D eigenvalue weighted by molar-refractivity contribution is 5.97. The second kappa shape index (κ2) is 8.49. The van der Waals surface area contributed by atoms with Crippen molar-refractivity contribution in [1.82, 2.24) is 14.8 Å². The number of oxazole rings is 1. The molecule has 0 spiro atoms. The minimum absolute atomic E-state index is 0.0813. The van der Waals surface area contributed by atoms with Gasteiger partial charge in [-0.3, -0.25) is 9.69 Å². The molecule has 0 radical (unpaired) electrons. The van der Waals surface area contributed by atoms with Crippen LogP contribution in [-0.4, -0.2) is 54.0 Å². The Labute approximate surface area is 170 Å². The molecule has 0 bridgehead atoms. The zero-order valence-electron chi connectivity index (χ0n) is 16.7. The van der Waals surface area contributed by atoms with Gasteiger partial charge in [0, 0.05) is 43.3 Å². The Morgan fingerprint density at radius 3 is 2.45 bits per heavy atom. The van der Waals surface area contributed by atoms with Crippen LogP contribution in [0.25, 0.3) is 11.3 Å². The van der Waals surface area contributed by atoms with Crippen molar-refractivity contribution in [1.29, 1.82) is 0 Å². The maximum atomic E-state index is 13.1. The van der Waals surface area contributed by atoms with Crippen molar-refractivity contribution in [2.45, 2.75) is 13.0 Å². The number of carbonyl (C=O) groups is 1. The van der Waals surface area contributed by atoms with E-state index in [0.717, 1.165) is 30.0 Å². The van der Waals surface area contributed by atoms with Crippen molar-refractivity contribution >= 4 is 5.91 Å². The van der Waals surface area contributed by atoms with Crippen LogP contribution in [0.1, 0.15) is 29.0 Å². The van der Waals surface area contributed by atoms with Crippen LogP contribution in [0.2, 0.25) is 0 Å². The van der Waals surface area contributed by atoms with Crippen LogP contribution < -0.4 is 4.74 Å². The van der Waals surface area contributed by atoms with Gasteiger partial charge in [-0.05, 0) is 13.0 Å². The lowest BCUT2D eigenvalue weighted by Crippen LogP contribution is -2.49. The molecule has 2 heterocycles. The predicted molar refractivity (Wildman–Crippen MR) is 111 cm³/mol. The maximum absolute atomic E-state index is 13.1. The number of benzene rings is 2. The second-order valence-corrected chi connectivity index (χ2v) is 7.14. The molecule has 150 valence electrons. The van der Waals surface area contributed by atoms with Crippen LogP contribution in [0.3, 0.4) is 0 Å². The summed E-state index contributed by atoms with van der Waals surface area (Å²) in [5.74, 6) is 1.34. The lowest BCUT2D eigenvalue weighted by atomic mass is 10.0. The number of hydrogen-bond acceptors (Lipinski definition) is 5. The Hall–Kier alpha value is -3.12. The molecule has 6 nitrogen and oxygen atoms in total. The van der Waals surface area contributed by atoms with Crippen LogP contribution in [0.4, 0.5) is 0 Å². The summed E-state index contributed by atoms with van der Waals surface area (Å²) in [5, 5.41) is 0. The monoisotopic (exact) mass is 391 g/mol. The van der Waals surface area contributed by atoms with Crippen LogP contribution in [0, 0.1) is 0 Å². The fourth-order valence-corrected chi connectivity index (χ4v) is 3.86. The van der Waals surface area contributed by atoms with Crippen LogP contribution >= 0.6 is 0 Å². The smallest absolute Gasteiger partial charge is 0.276 e. The van der Waals surface area contributed by atoms with Gasteiger partial charge >= 0.3 is 0 Å². The highest BCUT2D eigenvalue weighted by atomic mass is 16.5. The number of ether oxygens (including phenoxy) is 1. The average molecular weight is 391 g/mol. The Kier molecular flexibility index (Phi) is 5.62. The molecule has 2 aromatic carbocycles. The van der Waals surface area contributed by atoms with Gasteiger partial charge in [0.05, 0.1) is 7.11 Å². The quantitative estimate of drug-likeness (QED) is 0.661. The van der Waals surface area contributed by atoms with E-state index in [-0.39, 0.29) is 11.9 Å². The summed E-state index contributed by atoms with van der Waals surface area (Å²) in [5.41, 5.74) is 2.40. The van der Waals surface area contributed by atoms with Gasteiger partial charge in [0.2, 0.25) is 0 Å². The number of rotatable bonds is 5. The van der Waals surface area contributed by atoms with Gasteiger partial charge in [0.15, 0.2) is 17.8 Å². The number of amides is 1. The zero-order chi connectivity index (χ0) is 20.2. The fourth-order valence-electron chi connectivity index (χ4n) is 3.86. The van der Waals surface area contributed by atoms with E-state index in [1.165, 1.54) is 6.39 Å². The molecule has 1 aromatic heterocycles. The van der Waals surface area contributed by atoms with E-state index >= 15 is 0 Å². The molecule has 1 fully saturated rings. The number of carbonyl (C=O) groups excluding carboxylic acids is 1. The van der Waals surface area contributed by atoms with Gasteiger partial charge in [0.1, 0.15) is 5.75 Å². The maximum Gasteiger partial charge on any atom is 0.276 e. The summed E-state index contributed by atoms with van der Waals surface area (Å²) in [6, 6.07) is 17.9. The third-order valence-corrected chi connectivity index (χ3v) is 5.54. The van der Waals surface area contributed by atoms with Gasteiger partial charge in [0.25, 0.3) is 5.91 Å². The molecule has 1 aliphatic rings. The van der Waals surface area contributed by atoms with Gasteiger partial charge < -0.3 is 14.1 Å². The third-order valence-electron chi connectivity index (χ3n) is 5.54. The molecule has 1 unspecified atom stereocenters. The van der Waals surface area contributed by atoms with Crippen molar-refractivity contribution in [2.24, 2.45) is 0 Å². The average Bonchev–Trinajstić information content (AvgIpc) is 3.29. The lowest BCUT2D eigenvalue weighted by molar-refractivity contribution is 0.0575. The van der Waals surface area contributed by atoms with Gasteiger partial charge in [-0.25, -0.2) is 4.98 Å². The van der Waals surface area contributed by atoms with E-state index in [4.69, 9.17) is 9.15 Å². The summed E-state index contributed by atoms with van der Waals surface area (Å²) < 4.78 is 11.0. The summed E-state index contributed by atoms with van der Waals surface area (Å²) in [6.45, 7) is 5.08. The second-order valence-electron chi connectivity index (χ2n) is 7.14.